The third-order valence-corrected chi connectivity index (χ3v) is 4.67. The molecule has 5 nitrogen and oxygen atoms in total. The molecule has 0 unspecified atom stereocenters. The average molecular weight is 233 g/mol. The van der Waals surface area contributed by atoms with E-state index < -0.39 is 8.80 Å². The Labute approximate surface area is 92.3 Å². The maximum absolute atomic E-state index is 8.27. The van der Waals surface area contributed by atoms with Crippen molar-refractivity contribution in [2.45, 2.75) is 26.8 Å². The summed E-state index contributed by atoms with van der Waals surface area (Å²) in [6, 6.07) is 0.510. The maximum Gasteiger partial charge on any atom is 0.504 e. The number of ether oxygens (including phenoxy) is 1. The highest BCUT2D eigenvalue weighted by atomic mass is 28.4. The van der Waals surface area contributed by atoms with Crippen LogP contribution in [-0.2, 0) is 18.0 Å². The van der Waals surface area contributed by atoms with Crippen molar-refractivity contribution in [2.75, 3.05) is 26.4 Å². The van der Waals surface area contributed by atoms with Gasteiger partial charge in [0.05, 0.1) is 6.04 Å². The fraction of sp³-hybridized carbons (Fsp3) is 0.889. The van der Waals surface area contributed by atoms with E-state index in [1.54, 1.807) is 6.26 Å². The molecule has 88 valence electrons. The van der Waals surface area contributed by atoms with Crippen LogP contribution >= 0.6 is 0 Å². The molecule has 0 aliphatic heterocycles. The fourth-order valence-electron chi connectivity index (χ4n) is 1.22. The molecule has 0 aliphatic rings. The van der Waals surface area contributed by atoms with Gasteiger partial charge in [0, 0.05) is 19.8 Å². The Kier molecular flexibility index (Phi) is 8.32. The van der Waals surface area contributed by atoms with Crippen molar-refractivity contribution in [3.63, 3.8) is 0 Å². The van der Waals surface area contributed by atoms with Gasteiger partial charge in [-0.1, -0.05) is 0 Å². The molecule has 0 aromatic carbocycles. The Morgan fingerprint density at radius 3 is 1.80 bits per heavy atom. The Hall–Kier alpha value is -0.613. The summed E-state index contributed by atoms with van der Waals surface area (Å²) in [5, 5.41) is 8.27. The van der Waals surface area contributed by atoms with Crippen LogP contribution < -0.4 is 0 Å². The van der Waals surface area contributed by atoms with Gasteiger partial charge < -0.3 is 18.0 Å². The molecule has 0 fully saturated rings. The Bertz CT molecular complexity index is 178. The molecule has 0 spiro atoms. The molecule has 0 N–H and O–H groups in total. The first-order valence-electron chi connectivity index (χ1n) is 5.17. The lowest BCUT2D eigenvalue weighted by Crippen LogP contribution is -2.46. The Morgan fingerprint density at radius 2 is 1.47 bits per heavy atom. The van der Waals surface area contributed by atoms with Crippen LogP contribution in [0.4, 0.5) is 0 Å². The molecule has 0 aliphatic carbocycles. The predicted molar refractivity (Wildman–Crippen MR) is 57.0 cm³/mol. The molecule has 0 bridgehead atoms. The molecule has 0 saturated heterocycles. The topological polar surface area (TPSA) is 60.7 Å². The first-order valence-corrected chi connectivity index (χ1v) is 7.10. The van der Waals surface area contributed by atoms with Crippen molar-refractivity contribution in [3.05, 3.63) is 0 Å². The molecular weight excluding hydrogens is 214 g/mol. The van der Waals surface area contributed by atoms with Gasteiger partial charge in [-0.3, -0.25) is 0 Å². The second-order valence-corrected chi connectivity index (χ2v) is 5.40. The van der Waals surface area contributed by atoms with Gasteiger partial charge in [0.2, 0.25) is 0 Å². The summed E-state index contributed by atoms with van der Waals surface area (Å²) in [6.45, 7) is 7.58. The quantitative estimate of drug-likeness (QED) is 0.343. The minimum Gasteiger partial charge on any atom is -0.428 e. The van der Waals surface area contributed by atoms with E-state index in [1.807, 2.05) is 20.8 Å². The summed E-state index contributed by atoms with van der Waals surface area (Å²) in [7, 11) is -2.61. The maximum atomic E-state index is 8.27. The van der Waals surface area contributed by atoms with Crippen molar-refractivity contribution in [2.24, 2.45) is 0 Å². The predicted octanol–water partition coefficient (Wildman–Crippen LogP) is 1.53. The Morgan fingerprint density at radius 1 is 1.00 bits per heavy atom. The minimum absolute atomic E-state index is 0.280. The highest BCUT2D eigenvalue weighted by Gasteiger charge is 2.40. The van der Waals surface area contributed by atoms with E-state index in [4.69, 9.17) is 18.5 Å². The summed E-state index contributed by atoms with van der Waals surface area (Å²) < 4.78 is 21.3. The van der Waals surface area contributed by atoms with Crippen LogP contribution in [0.25, 0.3) is 0 Å². The molecule has 0 rings (SSSR count). The number of nitriles is 1. The highest BCUT2D eigenvalue weighted by molar-refractivity contribution is 6.60. The molecule has 0 atom stereocenters. The standard InChI is InChI=1S/C9H19NO4Si/c1-4-12-15(13-5-2,14-6-3)8-7-11-9-10/h4-8H2,1-3H3. The lowest BCUT2D eigenvalue weighted by atomic mass is 10.9. The third kappa shape index (κ3) is 5.74. The number of nitrogens with zero attached hydrogens (tertiary/aromatic N) is 1. The van der Waals surface area contributed by atoms with Gasteiger partial charge in [-0.2, -0.15) is 5.26 Å². The second-order valence-electron chi connectivity index (χ2n) is 2.67. The summed E-state index contributed by atoms with van der Waals surface area (Å²) in [5.41, 5.74) is 0. The van der Waals surface area contributed by atoms with E-state index in [2.05, 4.69) is 4.74 Å². The number of hydrogen-bond acceptors (Lipinski definition) is 5. The van der Waals surface area contributed by atoms with Gasteiger partial charge >= 0.3 is 8.80 Å². The van der Waals surface area contributed by atoms with Crippen LogP contribution in [-0.4, -0.2) is 35.2 Å². The van der Waals surface area contributed by atoms with Crippen molar-refractivity contribution in [1.29, 1.82) is 5.26 Å². The molecule has 0 heterocycles. The SMILES string of the molecule is CCO[Si](CCOC#N)(OCC)OCC. The van der Waals surface area contributed by atoms with E-state index in [1.165, 1.54) is 0 Å². The van der Waals surface area contributed by atoms with Crippen molar-refractivity contribution < 1.29 is 18.0 Å². The molecule has 0 saturated carbocycles. The highest BCUT2D eigenvalue weighted by Crippen LogP contribution is 2.15. The lowest BCUT2D eigenvalue weighted by molar-refractivity contribution is 0.0662. The van der Waals surface area contributed by atoms with E-state index in [0.29, 0.717) is 25.9 Å². The summed E-state index contributed by atoms with van der Waals surface area (Å²) in [5.74, 6) is 0. The molecule has 6 heteroatoms. The second kappa shape index (κ2) is 8.68. The van der Waals surface area contributed by atoms with Crippen molar-refractivity contribution >= 4 is 8.80 Å². The van der Waals surface area contributed by atoms with Gasteiger partial charge in [-0.25, -0.2) is 0 Å². The monoisotopic (exact) mass is 233 g/mol. The summed E-state index contributed by atoms with van der Waals surface area (Å²) >= 11 is 0. The Balaban J connectivity index is 4.25. The smallest absolute Gasteiger partial charge is 0.428 e. The van der Waals surface area contributed by atoms with Crippen molar-refractivity contribution in [1.82, 2.24) is 0 Å². The van der Waals surface area contributed by atoms with Crippen LogP contribution in [0.5, 0.6) is 0 Å². The van der Waals surface area contributed by atoms with Gasteiger partial charge in [0.15, 0.2) is 0 Å². The largest absolute Gasteiger partial charge is 0.504 e. The first-order chi connectivity index (χ1) is 7.24. The van der Waals surface area contributed by atoms with E-state index in [-0.39, 0.29) is 6.61 Å². The van der Waals surface area contributed by atoms with Crippen LogP contribution in [0.2, 0.25) is 6.04 Å². The van der Waals surface area contributed by atoms with E-state index in [0.717, 1.165) is 0 Å². The van der Waals surface area contributed by atoms with Crippen LogP contribution in [0.15, 0.2) is 0 Å². The van der Waals surface area contributed by atoms with Crippen LogP contribution in [0.1, 0.15) is 20.8 Å². The summed E-state index contributed by atoms with van der Waals surface area (Å²) in [4.78, 5) is 0. The van der Waals surface area contributed by atoms with Crippen LogP contribution in [0.3, 0.4) is 0 Å². The van der Waals surface area contributed by atoms with Gasteiger partial charge in [0.25, 0.3) is 6.26 Å². The number of rotatable bonds is 9. The molecule has 0 amide bonds. The minimum atomic E-state index is -2.61. The normalized spacial score (nSPS) is 11.1. The number of hydrogen-bond donors (Lipinski definition) is 0. The molecule has 0 radical (unpaired) electrons. The van der Waals surface area contributed by atoms with E-state index >= 15 is 0 Å². The van der Waals surface area contributed by atoms with E-state index in [9.17, 15) is 0 Å². The first kappa shape index (κ1) is 14.4. The fourth-order valence-corrected chi connectivity index (χ4v) is 3.58. The third-order valence-electron chi connectivity index (χ3n) is 1.67. The zero-order valence-electron chi connectivity index (χ0n) is 9.62. The van der Waals surface area contributed by atoms with Gasteiger partial charge in [0.1, 0.15) is 6.61 Å². The molecule has 15 heavy (non-hydrogen) atoms. The van der Waals surface area contributed by atoms with Crippen LogP contribution in [0, 0.1) is 11.5 Å². The average Bonchev–Trinajstić information content (AvgIpc) is 2.19. The van der Waals surface area contributed by atoms with Crippen molar-refractivity contribution in [3.8, 4) is 6.26 Å². The molecule has 0 aromatic rings. The molecular formula is C9H19NO4Si. The summed E-state index contributed by atoms with van der Waals surface area (Å²) in [6.07, 6.45) is 1.62. The molecule has 0 aromatic heterocycles. The zero-order chi connectivity index (χ0) is 11.6. The zero-order valence-corrected chi connectivity index (χ0v) is 10.6. The lowest BCUT2D eigenvalue weighted by Gasteiger charge is -2.27. The van der Waals surface area contributed by atoms with Gasteiger partial charge in [-0.05, 0) is 20.8 Å². The van der Waals surface area contributed by atoms with Gasteiger partial charge in [-0.15, -0.1) is 0 Å².